The van der Waals surface area contributed by atoms with Gasteiger partial charge in [0, 0.05) is 24.8 Å². The number of carbonyl (C=O) groups excluding carboxylic acids is 3. The van der Waals surface area contributed by atoms with E-state index in [9.17, 15) is 14.4 Å². The number of fused-ring (bicyclic) bond motifs is 1. The summed E-state index contributed by atoms with van der Waals surface area (Å²) in [5.41, 5.74) is 1.25. The summed E-state index contributed by atoms with van der Waals surface area (Å²) in [5.74, 6) is -2.15. The molecule has 0 aromatic carbocycles. The summed E-state index contributed by atoms with van der Waals surface area (Å²) < 4.78 is 23.5. The van der Waals surface area contributed by atoms with E-state index in [1.807, 2.05) is 27.7 Å². The Morgan fingerprint density at radius 3 is 2.35 bits per heavy atom. The Balaban J connectivity index is 2.42. The largest absolute Gasteiger partial charge is 0.462 e. The van der Waals surface area contributed by atoms with Gasteiger partial charge in [-0.3, -0.25) is 9.59 Å². The van der Waals surface area contributed by atoms with E-state index in [4.69, 9.17) is 18.9 Å². The lowest BCUT2D eigenvalue weighted by molar-refractivity contribution is -0.172. The van der Waals surface area contributed by atoms with E-state index in [0.717, 1.165) is 18.4 Å². The first-order chi connectivity index (χ1) is 15.8. The molecule has 1 aliphatic carbocycles. The molecule has 2 rings (SSSR count). The maximum atomic E-state index is 13.2. The molecule has 1 aliphatic heterocycles. The number of carbonyl (C=O) groups is 3. The lowest BCUT2D eigenvalue weighted by Crippen LogP contribution is -2.46. The molecule has 2 unspecified atom stereocenters. The summed E-state index contributed by atoms with van der Waals surface area (Å²) in [5, 5.41) is 0. The van der Waals surface area contributed by atoms with Crippen molar-refractivity contribution in [2.24, 2.45) is 17.8 Å². The van der Waals surface area contributed by atoms with Crippen LogP contribution < -0.4 is 0 Å². The number of hydrogen-bond donors (Lipinski definition) is 0. The van der Waals surface area contributed by atoms with E-state index >= 15 is 0 Å². The van der Waals surface area contributed by atoms with Crippen molar-refractivity contribution in [3.8, 4) is 0 Å². The third-order valence-electron chi connectivity index (χ3n) is 7.17. The normalized spacial score (nSPS) is 31.5. The second kappa shape index (κ2) is 11.5. The van der Waals surface area contributed by atoms with Crippen LogP contribution in [0.5, 0.6) is 0 Å². The van der Waals surface area contributed by atoms with Crippen molar-refractivity contribution in [3.05, 3.63) is 23.3 Å². The number of ether oxygens (including phenoxy) is 4. The quantitative estimate of drug-likeness (QED) is 0.169. The average molecular weight is 479 g/mol. The van der Waals surface area contributed by atoms with Crippen molar-refractivity contribution in [2.45, 2.75) is 112 Å². The van der Waals surface area contributed by atoms with Gasteiger partial charge in [-0.25, -0.2) is 4.79 Å². The minimum absolute atomic E-state index is 0.0448. The Morgan fingerprint density at radius 2 is 1.79 bits per heavy atom. The molecule has 0 amide bonds. The van der Waals surface area contributed by atoms with Crippen molar-refractivity contribution in [2.75, 3.05) is 0 Å². The zero-order valence-electron chi connectivity index (χ0n) is 22.2. The highest BCUT2D eigenvalue weighted by Crippen LogP contribution is 2.48. The van der Waals surface area contributed by atoms with Crippen LogP contribution in [0.4, 0.5) is 0 Å². The molecule has 2 aliphatic rings. The van der Waals surface area contributed by atoms with Gasteiger partial charge in [-0.1, -0.05) is 31.6 Å². The predicted octanol–water partition coefficient (Wildman–Crippen LogP) is 4.92. The molecule has 0 aromatic heterocycles. The molecule has 0 spiro atoms. The first kappa shape index (κ1) is 28.1. The third kappa shape index (κ3) is 6.94. The van der Waals surface area contributed by atoms with Gasteiger partial charge < -0.3 is 18.9 Å². The van der Waals surface area contributed by atoms with Crippen LogP contribution in [0.15, 0.2) is 23.3 Å². The fourth-order valence-electron chi connectivity index (χ4n) is 4.64. The Morgan fingerprint density at radius 1 is 1.15 bits per heavy atom. The fourth-order valence-corrected chi connectivity index (χ4v) is 4.64. The summed E-state index contributed by atoms with van der Waals surface area (Å²) in [6, 6.07) is 0. The molecule has 7 atom stereocenters. The second-order valence-corrected chi connectivity index (χ2v) is 10.4. The van der Waals surface area contributed by atoms with E-state index in [1.165, 1.54) is 6.92 Å². The van der Waals surface area contributed by atoms with Crippen LogP contribution in [0.2, 0.25) is 0 Å². The molecule has 0 bridgehead atoms. The van der Waals surface area contributed by atoms with E-state index in [1.54, 1.807) is 33.8 Å². The smallest absolute Gasteiger partial charge is 0.333 e. The van der Waals surface area contributed by atoms with Gasteiger partial charge in [0.25, 0.3) is 0 Å². The van der Waals surface area contributed by atoms with Crippen LogP contribution in [-0.2, 0) is 33.3 Å². The van der Waals surface area contributed by atoms with Gasteiger partial charge in [-0.2, -0.15) is 0 Å². The van der Waals surface area contributed by atoms with Crippen LogP contribution >= 0.6 is 0 Å². The first-order valence-corrected chi connectivity index (χ1v) is 12.4. The van der Waals surface area contributed by atoms with E-state index in [2.05, 4.69) is 6.08 Å². The molecule has 1 fully saturated rings. The molecule has 1 saturated heterocycles. The Bertz CT molecular complexity index is 827. The predicted molar refractivity (Wildman–Crippen MR) is 129 cm³/mol. The number of epoxide rings is 1. The minimum atomic E-state index is -0.648. The molecule has 0 aromatic rings. The van der Waals surface area contributed by atoms with Crippen molar-refractivity contribution in [1.82, 2.24) is 0 Å². The van der Waals surface area contributed by atoms with E-state index in [-0.39, 0.29) is 23.9 Å². The molecule has 1 heterocycles. The maximum Gasteiger partial charge on any atom is 0.333 e. The van der Waals surface area contributed by atoms with E-state index in [0.29, 0.717) is 12.0 Å². The molecule has 0 radical (unpaired) electrons. The Kier molecular flexibility index (Phi) is 9.52. The van der Waals surface area contributed by atoms with Crippen LogP contribution in [0.1, 0.15) is 81.6 Å². The van der Waals surface area contributed by atoms with Gasteiger partial charge in [0.05, 0.1) is 11.5 Å². The number of allylic oxidation sites excluding steroid dienone is 2. The van der Waals surface area contributed by atoms with Gasteiger partial charge in [0.15, 0.2) is 0 Å². The van der Waals surface area contributed by atoms with Crippen molar-refractivity contribution in [3.63, 3.8) is 0 Å². The zero-order chi connectivity index (χ0) is 25.8. The van der Waals surface area contributed by atoms with Gasteiger partial charge in [0.2, 0.25) is 0 Å². The van der Waals surface area contributed by atoms with Crippen molar-refractivity contribution < 1.29 is 33.3 Å². The summed E-state index contributed by atoms with van der Waals surface area (Å²) in [6.45, 7) is 16.4. The van der Waals surface area contributed by atoms with Crippen LogP contribution in [-0.4, -0.2) is 47.9 Å². The van der Waals surface area contributed by atoms with Gasteiger partial charge in [-0.05, 0) is 60.3 Å². The molecule has 34 heavy (non-hydrogen) atoms. The molecule has 7 heteroatoms. The molecular weight excluding hydrogens is 436 g/mol. The monoisotopic (exact) mass is 478 g/mol. The molecular formula is C27H42O7. The van der Waals surface area contributed by atoms with Gasteiger partial charge in [0.1, 0.15) is 24.4 Å². The van der Waals surface area contributed by atoms with Crippen molar-refractivity contribution in [1.29, 1.82) is 0 Å². The highest BCUT2D eigenvalue weighted by Gasteiger charge is 2.60. The molecule has 0 saturated carbocycles. The fraction of sp³-hybridized carbons (Fsp3) is 0.741. The van der Waals surface area contributed by atoms with E-state index < -0.39 is 41.8 Å². The highest BCUT2D eigenvalue weighted by molar-refractivity contribution is 5.87. The maximum absolute atomic E-state index is 13.2. The summed E-state index contributed by atoms with van der Waals surface area (Å²) in [4.78, 5) is 37.3. The average Bonchev–Trinajstić information content (AvgIpc) is 3.41. The van der Waals surface area contributed by atoms with Crippen LogP contribution in [0, 0.1) is 17.8 Å². The van der Waals surface area contributed by atoms with Crippen molar-refractivity contribution >= 4 is 17.9 Å². The molecule has 7 nitrogen and oxygen atoms in total. The SMILES string of the molecule is C/C=C(\C)C(=O)O[C@@H]1CC(C)=CCC[C@@]2(C)O[C@@H]2[C@@H](OC(=O)C(C)C(C)OC(C)=O)[C@H]1C(C)C. The summed E-state index contributed by atoms with van der Waals surface area (Å²) in [7, 11) is 0. The second-order valence-electron chi connectivity index (χ2n) is 10.4. The number of rotatable bonds is 7. The molecule has 192 valence electrons. The topological polar surface area (TPSA) is 91.4 Å². The lowest BCUT2D eigenvalue weighted by Gasteiger charge is -2.37. The highest BCUT2D eigenvalue weighted by atomic mass is 16.6. The molecule has 0 N–H and O–H groups in total. The third-order valence-corrected chi connectivity index (χ3v) is 7.17. The van der Waals surface area contributed by atoms with Crippen LogP contribution in [0.3, 0.4) is 0 Å². The van der Waals surface area contributed by atoms with Gasteiger partial charge >= 0.3 is 17.9 Å². The minimum Gasteiger partial charge on any atom is -0.462 e. The van der Waals surface area contributed by atoms with Gasteiger partial charge in [-0.15, -0.1) is 0 Å². The lowest BCUT2D eigenvalue weighted by atomic mass is 9.78. The standard InChI is InChI=1S/C27H42O7/c1-10-17(5)25(29)32-21-14-16(4)12-11-13-27(9)24(34-27)23(22(21)15(2)3)33-26(30)18(6)19(7)31-20(8)28/h10,12,15,18-19,21-24H,11,13-14H2,1-9H3/b16-12?,17-10+/t18?,19?,21-,22+,23+,24-,27-/m1/s1. The number of esters is 3. The summed E-state index contributed by atoms with van der Waals surface area (Å²) in [6.07, 6.45) is 4.12. The Labute approximate surface area is 204 Å². The number of hydrogen-bond acceptors (Lipinski definition) is 7. The Hall–Kier alpha value is -2.15. The zero-order valence-corrected chi connectivity index (χ0v) is 22.2. The van der Waals surface area contributed by atoms with Crippen LogP contribution in [0.25, 0.3) is 0 Å². The summed E-state index contributed by atoms with van der Waals surface area (Å²) >= 11 is 0. The first-order valence-electron chi connectivity index (χ1n) is 12.4.